The van der Waals surface area contributed by atoms with Crippen molar-refractivity contribution < 1.29 is 14.0 Å². The fraction of sp³-hybridized carbons (Fsp3) is 0.381. The van der Waals surface area contributed by atoms with E-state index < -0.39 is 6.04 Å². The summed E-state index contributed by atoms with van der Waals surface area (Å²) in [7, 11) is 0. The van der Waals surface area contributed by atoms with E-state index in [2.05, 4.69) is 34.5 Å². The maximum atomic E-state index is 12.8. The minimum Gasteiger partial charge on any atom is -0.468 e. The summed E-state index contributed by atoms with van der Waals surface area (Å²) in [5.41, 5.74) is 3.50. The van der Waals surface area contributed by atoms with E-state index in [1.165, 1.54) is 5.01 Å². The lowest BCUT2D eigenvalue weighted by molar-refractivity contribution is -0.120. The molecular weight excluding hydrogens is 370 g/mol. The van der Waals surface area contributed by atoms with Crippen LogP contribution in [0.5, 0.6) is 0 Å². The summed E-state index contributed by atoms with van der Waals surface area (Å²) in [4.78, 5) is 31.7. The second kappa shape index (κ2) is 9.38. The van der Waals surface area contributed by atoms with Crippen LogP contribution in [0.4, 0.5) is 5.69 Å². The number of furan rings is 1. The van der Waals surface area contributed by atoms with Crippen LogP contribution in [0, 0.1) is 0 Å². The van der Waals surface area contributed by atoms with Crippen molar-refractivity contribution in [2.75, 3.05) is 24.6 Å². The van der Waals surface area contributed by atoms with Gasteiger partial charge in [0.25, 0.3) is 11.8 Å². The van der Waals surface area contributed by atoms with Gasteiger partial charge in [-0.2, -0.15) is 0 Å². The van der Waals surface area contributed by atoms with E-state index in [0.717, 1.165) is 18.8 Å². The third-order valence-electron chi connectivity index (χ3n) is 4.93. The van der Waals surface area contributed by atoms with Crippen molar-refractivity contribution in [2.24, 2.45) is 4.99 Å². The quantitative estimate of drug-likeness (QED) is 0.712. The van der Waals surface area contributed by atoms with Crippen LogP contribution < -0.4 is 15.8 Å². The number of nitrogens with zero attached hydrogens (tertiary/aromatic N) is 3. The first-order valence-corrected chi connectivity index (χ1v) is 9.84. The smallest absolute Gasteiger partial charge is 0.288 e. The average Bonchev–Trinajstić information content (AvgIpc) is 3.28. The highest BCUT2D eigenvalue weighted by atomic mass is 16.3. The van der Waals surface area contributed by atoms with Crippen LogP contribution in [-0.2, 0) is 9.59 Å². The highest BCUT2D eigenvalue weighted by Crippen LogP contribution is 2.20. The number of hydrogen-bond acceptors (Lipinski definition) is 6. The summed E-state index contributed by atoms with van der Waals surface area (Å²) in [6.45, 7) is 7.82. The van der Waals surface area contributed by atoms with Gasteiger partial charge in [-0.05, 0) is 44.3 Å². The summed E-state index contributed by atoms with van der Waals surface area (Å²) >= 11 is 0. The number of hydrogen-bond donors (Lipinski definition) is 2. The first kappa shape index (κ1) is 20.6. The standard InChI is InChI=1S/C21H27N5O3/c1-4-25(5-2)17(18-12-9-13-29-18)14-22-20(27)19-23-15(3)21(28)26(24-19)16-10-7-6-8-11-16/h6-13,15,17H,4-5,14H2,1-3H3,(H,22,27)(H,23,24). The number of para-hydroxylation sites is 1. The number of carbonyl (C=O) groups excluding carboxylic acids is 2. The number of likely N-dealkylation sites (N-methyl/N-ethyl adjacent to an activating group) is 1. The molecule has 0 saturated carbocycles. The molecule has 154 valence electrons. The Hall–Kier alpha value is -3.13. The first-order chi connectivity index (χ1) is 14.0. The number of hydrazine groups is 1. The van der Waals surface area contributed by atoms with E-state index in [-0.39, 0.29) is 23.7 Å². The molecule has 2 atom stereocenters. The number of amidine groups is 1. The number of carbonyl (C=O) groups is 2. The molecular formula is C21H27N5O3. The number of nitrogens with one attached hydrogen (secondary N) is 2. The number of amides is 2. The van der Waals surface area contributed by atoms with Gasteiger partial charge in [0.2, 0.25) is 5.84 Å². The Morgan fingerprint density at radius 1 is 1.24 bits per heavy atom. The summed E-state index contributed by atoms with van der Waals surface area (Å²) in [6.07, 6.45) is 1.63. The molecule has 0 spiro atoms. The maximum absolute atomic E-state index is 12.8. The predicted molar refractivity (Wildman–Crippen MR) is 111 cm³/mol. The molecule has 2 amide bonds. The van der Waals surface area contributed by atoms with Gasteiger partial charge in [-0.15, -0.1) is 0 Å². The van der Waals surface area contributed by atoms with Gasteiger partial charge in [-0.1, -0.05) is 32.0 Å². The molecule has 0 radical (unpaired) electrons. The molecule has 8 nitrogen and oxygen atoms in total. The van der Waals surface area contributed by atoms with Gasteiger partial charge in [0, 0.05) is 6.54 Å². The molecule has 1 aromatic carbocycles. The van der Waals surface area contributed by atoms with Crippen LogP contribution in [0.1, 0.15) is 32.6 Å². The van der Waals surface area contributed by atoms with Crippen LogP contribution in [0.3, 0.4) is 0 Å². The summed E-state index contributed by atoms with van der Waals surface area (Å²) in [5.74, 6) is 0.319. The fourth-order valence-corrected chi connectivity index (χ4v) is 3.33. The van der Waals surface area contributed by atoms with Gasteiger partial charge < -0.3 is 9.73 Å². The highest BCUT2D eigenvalue weighted by molar-refractivity contribution is 6.39. The lowest BCUT2D eigenvalue weighted by Crippen LogP contribution is -2.58. The molecule has 1 aromatic heterocycles. The third-order valence-corrected chi connectivity index (χ3v) is 4.93. The highest BCUT2D eigenvalue weighted by Gasteiger charge is 2.31. The lowest BCUT2D eigenvalue weighted by atomic mass is 10.2. The largest absolute Gasteiger partial charge is 0.468 e. The van der Waals surface area contributed by atoms with Crippen LogP contribution in [-0.4, -0.2) is 48.2 Å². The average molecular weight is 397 g/mol. The summed E-state index contributed by atoms with van der Waals surface area (Å²) < 4.78 is 5.57. The molecule has 2 N–H and O–H groups in total. The number of aliphatic imine (C=N–C) groups is 1. The molecule has 3 rings (SSSR count). The molecule has 2 aromatic rings. The first-order valence-electron chi connectivity index (χ1n) is 9.84. The van der Waals surface area contributed by atoms with Crippen LogP contribution in [0.25, 0.3) is 0 Å². The molecule has 2 unspecified atom stereocenters. The van der Waals surface area contributed by atoms with Gasteiger partial charge in [0.1, 0.15) is 11.8 Å². The zero-order valence-corrected chi connectivity index (χ0v) is 17.0. The molecule has 0 aliphatic carbocycles. The van der Waals surface area contributed by atoms with Gasteiger partial charge >= 0.3 is 0 Å². The zero-order valence-electron chi connectivity index (χ0n) is 17.0. The monoisotopic (exact) mass is 397 g/mol. The van der Waals surface area contributed by atoms with Crippen LogP contribution >= 0.6 is 0 Å². The Kier molecular flexibility index (Phi) is 6.66. The van der Waals surface area contributed by atoms with E-state index >= 15 is 0 Å². The van der Waals surface area contributed by atoms with Gasteiger partial charge in [-0.3, -0.25) is 19.9 Å². The predicted octanol–water partition coefficient (Wildman–Crippen LogP) is 2.12. The number of benzene rings is 1. The van der Waals surface area contributed by atoms with E-state index in [1.54, 1.807) is 25.3 Å². The zero-order chi connectivity index (χ0) is 20.8. The Morgan fingerprint density at radius 3 is 2.59 bits per heavy atom. The molecule has 29 heavy (non-hydrogen) atoms. The molecule has 8 heteroatoms. The third kappa shape index (κ3) is 4.65. The fourth-order valence-electron chi connectivity index (χ4n) is 3.33. The van der Waals surface area contributed by atoms with E-state index in [0.29, 0.717) is 12.2 Å². The van der Waals surface area contributed by atoms with E-state index in [4.69, 9.17) is 4.42 Å². The minimum atomic E-state index is -0.652. The Bertz CT molecular complexity index is 846. The molecule has 0 saturated heterocycles. The van der Waals surface area contributed by atoms with Gasteiger partial charge in [0.05, 0.1) is 18.0 Å². The molecule has 1 aliphatic heterocycles. The summed E-state index contributed by atoms with van der Waals surface area (Å²) in [5, 5.41) is 4.29. The minimum absolute atomic E-state index is 0.0857. The molecule has 0 bridgehead atoms. The van der Waals surface area contributed by atoms with Crippen molar-refractivity contribution in [3.05, 3.63) is 54.5 Å². The number of anilines is 1. The summed E-state index contributed by atoms with van der Waals surface area (Å²) in [6, 6.07) is 12.1. The van der Waals surface area contributed by atoms with Gasteiger partial charge in [0.15, 0.2) is 0 Å². The maximum Gasteiger partial charge on any atom is 0.288 e. The molecule has 1 aliphatic rings. The van der Waals surface area contributed by atoms with E-state index in [9.17, 15) is 9.59 Å². The molecule has 0 fully saturated rings. The normalized spacial score (nSPS) is 17.7. The topological polar surface area (TPSA) is 90.2 Å². The van der Waals surface area contributed by atoms with Crippen LogP contribution in [0.2, 0.25) is 0 Å². The Balaban J connectivity index is 1.72. The second-order valence-corrected chi connectivity index (χ2v) is 6.74. The van der Waals surface area contributed by atoms with Crippen molar-refractivity contribution in [3.8, 4) is 0 Å². The SMILES string of the molecule is CCN(CC)C(CNC(=O)C1=NC(C)C(=O)N(c2ccccc2)N1)c1ccco1. The Morgan fingerprint density at radius 2 is 1.97 bits per heavy atom. The van der Waals surface area contributed by atoms with Crippen molar-refractivity contribution in [2.45, 2.75) is 32.9 Å². The number of rotatable bonds is 8. The van der Waals surface area contributed by atoms with E-state index in [1.807, 2.05) is 30.3 Å². The van der Waals surface area contributed by atoms with Crippen molar-refractivity contribution >= 4 is 23.3 Å². The van der Waals surface area contributed by atoms with Crippen molar-refractivity contribution in [1.29, 1.82) is 0 Å². The molecule has 2 heterocycles. The van der Waals surface area contributed by atoms with Crippen LogP contribution in [0.15, 0.2) is 58.1 Å². The van der Waals surface area contributed by atoms with Gasteiger partial charge in [-0.25, -0.2) is 10.0 Å². The van der Waals surface area contributed by atoms with Crippen molar-refractivity contribution in [1.82, 2.24) is 15.6 Å². The Labute approximate surface area is 170 Å². The second-order valence-electron chi connectivity index (χ2n) is 6.74. The lowest BCUT2D eigenvalue weighted by Gasteiger charge is -2.31. The van der Waals surface area contributed by atoms with Crippen molar-refractivity contribution in [3.63, 3.8) is 0 Å².